The smallest absolute Gasteiger partial charge is 0.0464 e. The largest absolute Gasteiger partial charge is 0.385 e. The van der Waals surface area contributed by atoms with Crippen LogP contribution in [0.25, 0.3) is 0 Å². The number of rotatable bonds is 7. The Kier molecular flexibility index (Phi) is 6.06. The molecule has 0 N–H and O–H groups in total. The number of methoxy groups -OCH3 is 1. The lowest BCUT2D eigenvalue weighted by Crippen LogP contribution is -2.24. The molecule has 1 aliphatic heterocycles. The first kappa shape index (κ1) is 15.5. The van der Waals surface area contributed by atoms with Gasteiger partial charge >= 0.3 is 0 Å². The van der Waals surface area contributed by atoms with Gasteiger partial charge in [-0.05, 0) is 50.1 Å². The number of nitrogens with zero attached hydrogens (tertiary/aromatic N) is 1. The first-order valence-electron chi connectivity index (χ1n) is 7.98. The van der Waals surface area contributed by atoms with Gasteiger partial charge in [-0.1, -0.05) is 37.3 Å². The first-order chi connectivity index (χ1) is 9.70. The van der Waals surface area contributed by atoms with Crippen LogP contribution in [0.1, 0.15) is 44.7 Å². The van der Waals surface area contributed by atoms with Gasteiger partial charge in [-0.15, -0.1) is 0 Å². The second-order valence-corrected chi connectivity index (χ2v) is 6.36. The highest BCUT2D eigenvalue weighted by atomic mass is 16.5. The summed E-state index contributed by atoms with van der Waals surface area (Å²) in [6.45, 7) is 8.11. The molecule has 1 aliphatic rings. The molecule has 1 fully saturated rings. The molecule has 1 aromatic carbocycles. The van der Waals surface area contributed by atoms with Crippen LogP contribution in [0.3, 0.4) is 0 Å². The molecule has 2 heteroatoms. The van der Waals surface area contributed by atoms with E-state index in [1.165, 1.54) is 37.9 Å². The number of hydrogen-bond acceptors (Lipinski definition) is 2. The third kappa shape index (κ3) is 4.32. The van der Waals surface area contributed by atoms with Crippen molar-refractivity contribution in [3.8, 4) is 0 Å². The van der Waals surface area contributed by atoms with Crippen molar-refractivity contribution in [3.05, 3.63) is 35.9 Å². The van der Waals surface area contributed by atoms with Crippen molar-refractivity contribution in [1.82, 2.24) is 4.90 Å². The van der Waals surface area contributed by atoms with E-state index in [9.17, 15) is 0 Å². The van der Waals surface area contributed by atoms with E-state index in [1.807, 2.05) is 0 Å². The lowest BCUT2D eigenvalue weighted by Gasteiger charge is -2.25. The van der Waals surface area contributed by atoms with Gasteiger partial charge in [0.2, 0.25) is 0 Å². The Labute approximate surface area is 124 Å². The molecule has 0 bridgehead atoms. The number of benzene rings is 1. The third-order valence-electron chi connectivity index (χ3n) is 4.70. The molecule has 0 aromatic heterocycles. The SMILES string of the molecule is COCCC(C)C[C@H]1CCN([C@@H](C)c2ccccc2)C1. The third-order valence-corrected chi connectivity index (χ3v) is 4.70. The minimum absolute atomic E-state index is 0.551. The van der Waals surface area contributed by atoms with Crippen LogP contribution in [0.4, 0.5) is 0 Å². The fourth-order valence-corrected chi connectivity index (χ4v) is 3.36. The molecule has 0 aliphatic carbocycles. The molecule has 1 saturated heterocycles. The van der Waals surface area contributed by atoms with E-state index in [1.54, 1.807) is 7.11 Å². The van der Waals surface area contributed by atoms with Crippen molar-refractivity contribution >= 4 is 0 Å². The van der Waals surface area contributed by atoms with Crippen LogP contribution < -0.4 is 0 Å². The van der Waals surface area contributed by atoms with Gasteiger partial charge < -0.3 is 4.74 Å². The number of hydrogen-bond donors (Lipinski definition) is 0. The number of ether oxygens (including phenoxy) is 1. The molecule has 0 saturated carbocycles. The standard InChI is InChI=1S/C18H29NO/c1-15(10-12-20-3)13-17-9-11-19(14-17)16(2)18-7-5-4-6-8-18/h4-8,15-17H,9-14H2,1-3H3/t15?,16-,17+/m0/s1. The van der Waals surface area contributed by atoms with Gasteiger partial charge in [0.25, 0.3) is 0 Å². The van der Waals surface area contributed by atoms with Crippen LogP contribution >= 0.6 is 0 Å². The summed E-state index contributed by atoms with van der Waals surface area (Å²) in [4.78, 5) is 2.64. The van der Waals surface area contributed by atoms with E-state index in [4.69, 9.17) is 4.74 Å². The average molecular weight is 275 g/mol. The molecule has 112 valence electrons. The van der Waals surface area contributed by atoms with Gasteiger partial charge in [0.15, 0.2) is 0 Å². The van der Waals surface area contributed by atoms with E-state index in [2.05, 4.69) is 49.1 Å². The van der Waals surface area contributed by atoms with Crippen LogP contribution in [-0.2, 0) is 4.74 Å². The molecule has 0 amide bonds. The predicted molar refractivity (Wildman–Crippen MR) is 84.8 cm³/mol. The molecule has 20 heavy (non-hydrogen) atoms. The highest BCUT2D eigenvalue weighted by molar-refractivity contribution is 5.18. The summed E-state index contributed by atoms with van der Waals surface area (Å²) in [5, 5.41) is 0. The Morgan fingerprint density at radius 1 is 1.25 bits per heavy atom. The zero-order valence-corrected chi connectivity index (χ0v) is 13.2. The van der Waals surface area contributed by atoms with Gasteiger partial charge in [-0.3, -0.25) is 4.90 Å². The lowest BCUT2D eigenvalue weighted by molar-refractivity contribution is 0.172. The fourth-order valence-electron chi connectivity index (χ4n) is 3.36. The monoisotopic (exact) mass is 275 g/mol. The van der Waals surface area contributed by atoms with Crippen molar-refractivity contribution in [3.63, 3.8) is 0 Å². The minimum Gasteiger partial charge on any atom is -0.385 e. The van der Waals surface area contributed by atoms with Gasteiger partial charge in [-0.25, -0.2) is 0 Å². The summed E-state index contributed by atoms with van der Waals surface area (Å²) >= 11 is 0. The van der Waals surface area contributed by atoms with Crippen molar-refractivity contribution in [1.29, 1.82) is 0 Å². The van der Waals surface area contributed by atoms with Gasteiger partial charge in [-0.2, -0.15) is 0 Å². The Morgan fingerprint density at radius 2 is 2.00 bits per heavy atom. The van der Waals surface area contributed by atoms with E-state index in [0.717, 1.165) is 18.4 Å². The van der Waals surface area contributed by atoms with E-state index >= 15 is 0 Å². The van der Waals surface area contributed by atoms with Crippen molar-refractivity contribution in [2.45, 2.75) is 39.2 Å². The van der Waals surface area contributed by atoms with Gasteiger partial charge in [0.1, 0.15) is 0 Å². The molecule has 0 spiro atoms. The Bertz CT molecular complexity index is 378. The Balaban J connectivity index is 1.80. The van der Waals surface area contributed by atoms with E-state index in [-0.39, 0.29) is 0 Å². The maximum Gasteiger partial charge on any atom is 0.0464 e. The summed E-state index contributed by atoms with van der Waals surface area (Å²) < 4.78 is 5.18. The van der Waals surface area contributed by atoms with Crippen LogP contribution in [0.5, 0.6) is 0 Å². The van der Waals surface area contributed by atoms with Crippen LogP contribution in [-0.4, -0.2) is 31.7 Å². The van der Waals surface area contributed by atoms with Crippen LogP contribution in [0.2, 0.25) is 0 Å². The lowest BCUT2D eigenvalue weighted by atomic mass is 9.93. The molecule has 1 heterocycles. The Morgan fingerprint density at radius 3 is 2.70 bits per heavy atom. The zero-order valence-electron chi connectivity index (χ0n) is 13.2. The van der Waals surface area contributed by atoms with Gasteiger partial charge in [0.05, 0.1) is 0 Å². The summed E-state index contributed by atoms with van der Waals surface area (Å²) in [7, 11) is 1.80. The molecule has 1 unspecified atom stereocenters. The summed E-state index contributed by atoms with van der Waals surface area (Å²) in [5.41, 5.74) is 1.44. The summed E-state index contributed by atoms with van der Waals surface area (Å²) in [5.74, 6) is 1.65. The topological polar surface area (TPSA) is 12.5 Å². The van der Waals surface area contributed by atoms with E-state index in [0.29, 0.717) is 6.04 Å². The number of likely N-dealkylation sites (tertiary alicyclic amines) is 1. The second kappa shape index (κ2) is 7.80. The van der Waals surface area contributed by atoms with Crippen molar-refractivity contribution < 1.29 is 4.74 Å². The maximum absolute atomic E-state index is 5.18. The molecule has 0 radical (unpaired) electrons. The van der Waals surface area contributed by atoms with Crippen LogP contribution in [0, 0.1) is 11.8 Å². The summed E-state index contributed by atoms with van der Waals surface area (Å²) in [6, 6.07) is 11.4. The summed E-state index contributed by atoms with van der Waals surface area (Å²) in [6.07, 6.45) is 3.90. The molecule has 2 rings (SSSR count). The molecular formula is C18H29NO. The zero-order chi connectivity index (χ0) is 14.4. The highest BCUT2D eigenvalue weighted by Gasteiger charge is 2.27. The van der Waals surface area contributed by atoms with Crippen molar-refractivity contribution in [2.24, 2.45) is 11.8 Å². The quantitative estimate of drug-likeness (QED) is 0.742. The normalized spacial score (nSPS) is 22.9. The molecule has 1 aromatic rings. The molecule has 3 atom stereocenters. The Hall–Kier alpha value is -0.860. The predicted octanol–water partition coefficient (Wildman–Crippen LogP) is 4.13. The molecule has 2 nitrogen and oxygen atoms in total. The fraction of sp³-hybridized carbons (Fsp3) is 0.667. The maximum atomic E-state index is 5.18. The average Bonchev–Trinajstić information content (AvgIpc) is 2.93. The minimum atomic E-state index is 0.551. The van der Waals surface area contributed by atoms with Crippen molar-refractivity contribution in [2.75, 3.05) is 26.8 Å². The molecular weight excluding hydrogens is 246 g/mol. The van der Waals surface area contributed by atoms with E-state index < -0.39 is 0 Å². The van der Waals surface area contributed by atoms with Crippen LogP contribution in [0.15, 0.2) is 30.3 Å². The highest BCUT2D eigenvalue weighted by Crippen LogP contribution is 2.30. The first-order valence-corrected chi connectivity index (χ1v) is 7.98. The van der Waals surface area contributed by atoms with Gasteiger partial charge in [0, 0.05) is 26.3 Å². The second-order valence-electron chi connectivity index (χ2n) is 6.36.